The van der Waals surface area contributed by atoms with Crippen LogP contribution in [0.2, 0.25) is 0 Å². The van der Waals surface area contributed by atoms with Gasteiger partial charge in [-0.1, -0.05) is 6.07 Å². The quantitative estimate of drug-likeness (QED) is 0.482. The molecule has 2 rings (SSSR count). The van der Waals surface area contributed by atoms with Gasteiger partial charge in [-0.25, -0.2) is 9.97 Å². The predicted molar refractivity (Wildman–Crippen MR) is 74.3 cm³/mol. The van der Waals surface area contributed by atoms with Gasteiger partial charge in [0.05, 0.1) is 0 Å². The zero-order valence-electron chi connectivity index (χ0n) is 7.70. The van der Waals surface area contributed by atoms with Gasteiger partial charge in [0.15, 0.2) is 6.20 Å². The van der Waals surface area contributed by atoms with Crippen LogP contribution in [0.3, 0.4) is 0 Å². The van der Waals surface area contributed by atoms with Crippen LogP contribution in [-0.4, -0.2) is 4.98 Å². The molecule has 80 valence electrons. The topological polar surface area (TPSA) is 27.0 Å². The van der Waals surface area contributed by atoms with Crippen molar-refractivity contribution in [2.75, 3.05) is 0 Å². The van der Waals surface area contributed by atoms with Gasteiger partial charge >= 0.3 is 50.5 Å². The summed E-state index contributed by atoms with van der Waals surface area (Å²) >= 11 is 5.30. The third kappa shape index (κ3) is 5.38. The molecule has 0 fully saturated rings. The molecule has 0 aliphatic carbocycles. The Hall–Kier alpha value is 0.490. The Morgan fingerprint density at radius 3 is 2.33 bits per heavy atom. The van der Waals surface area contributed by atoms with E-state index in [0.29, 0.717) is 13.3 Å². The van der Waals surface area contributed by atoms with Gasteiger partial charge in [0, 0.05) is 18.3 Å². The molecule has 0 unspecified atom stereocenters. The number of nitrogens with zero attached hydrogens (tertiary/aromatic N) is 1. The molecule has 0 aliphatic heterocycles. The average molecular weight is 538 g/mol. The standard InChI is InChI=1S/C10H8N2.I3/c1-3-7-11-9(5-1)10-6-2-4-8-12-10;1-3-2/h1-8H;/q;-1/p+1. The molecule has 0 saturated heterocycles. The second-order valence-electron chi connectivity index (χ2n) is 2.55. The van der Waals surface area contributed by atoms with Crippen molar-refractivity contribution >= 4 is 37.2 Å². The summed E-state index contributed by atoms with van der Waals surface area (Å²) in [4.78, 5) is 7.34. The normalized spacial score (nSPS) is 9.20. The van der Waals surface area contributed by atoms with E-state index >= 15 is 0 Å². The molecule has 0 saturated carbocycles. The summed E-state index contributed by atoms with van der Waals surface area (Å²) < 4.78 is 0. The fraction of sp³-hybridized carbons (Fsp3) is 0. The van der Waals surface area contributed by atoms with E-state index < -0.39 is 0 Å². The minimum atomic E-state index is 0.530. The monoisotopic (exact) mass is 538 g/mol. The molecule has 2 heterocycles. The van der Waals surface area contributed by atoms with Crippen molar-refractivity contribution in [2.45, 2.75) is 0 Å². The average Bonchev–Trinajstić information content (AvgIpc) is 2.32. The number of H-pyrrole nitrogens is 1. The van der Waals surface area contributed by atoms with E-state index in [1.54, 1.807) is 6.20 Å². The maximum atomic E-state index is 4.22. The molecule has 0 bridgehead atoms. The van der Waals surface area contributed by atoms with Crippen molar-refractivity contribution in [1.82, 2.24) is 4.98 Å². The van der Waals surface area contributed by atoms with Gasteiger partial charge < -0.3 is 0 Å². The number of pyridine rings is 2. The van der Waals surface area contributed by atoms with E-state index in [2.05, 4.69) is 47.2 Å². The van der Waals surface area contributed by atoms with Crippen LogP contribution in [0.1, 0.15) is 0 Å². The molecule has 0 amide bonds. The molecule has 0 aliphatic rings. The third-order valence-corrected chi connectivity index (χ3v) is 1.65. The number of rotatable bonds is 1. The van der Waals surface area contributed by atoms with Crippen LogP contribution in [0, 0.1) is 0 Å². The first-order valence-electron chi connectivity index (χ1n) is 4.13. The van der Waals surface area contributed by atoms with E-state index in [9.17, 15) is 0 Å². The number of aromatic amines is 1. The zero-order chi connectivity index (χ0) is 10.9. The molecule has 5 heteroatoms. The van der Waals surface area contributed by atoms with Gasteiger partial charge in [-0.05, 0) is 18.2 Å². The second-order valence-corrected chi connectivity index (χ2v) is 18.8. The SMILES string of the molecule is I[I-]I.c1ccc(-c2cccc[nH+]2)nc1. The first-order valence-corrected chi connectivity index (χ1v) is 16.7. The summed E-state index contributed by atoms with van der Waals surface area (Å²) in [5.74, 6) is 0. The van der Waals surface area contributed by atoms with E-state index in [-0.39, 0.29) is 0 Å². The van der Waals surface area contributed by atoms with Gasteiger partial charge in [-0.2, -0.15) is 0 Å². The summed E-state index contributed by atoms with van der Waals surface area (Å²) in [6.45, 7) is 0. The van der Waals surface area contributed by atoms with Gasteiger partial charge in [0.25, 0.3) is 0 Å². The fourth-order valence-corrected chi connectivity index (χ4v) is 1.07. The third-order valence-electron chi connectivity index (χ3n) is 1.65. The zero-order valence-corrected chi connectivity index (χ0v) is 14.2. The maximum Gasteiger partial charge on any atom is 0.229 e. The van der Waals surface area contributed by atoms with Crippen LogP contribution in [0.15, 0.2) is 48.8 Å². The molecule has 2 aromatic rings. The summed E-state index contributed by atoms with van der Waals surface area (Å²) in [5.41, 5.74) is 2.01. The van der Waals surface area contributed by atoms with Crippen LogP contribution >= 0.6 is 37.2 Å². The van der Waals surface area contributed by atoms with Crippen LogP contribution in [0.25, 0.3) is 11.4 Å². The predicted octanol–water partition coefficient (Wildman–Crippen LogP) is 0.338. The van der Waals surface area contributed by atoms with E-state index in [1.165, 1.54) is 0 Å². The van der Waals surface area contributed by atoms with E-state index in [4.69, 9.17) is 0 Å². The molecule has 2 aromatic heterocycles. The van der Waals surface area contributed by atoms with Gasteiger partial charge in [0.2, 0.25) is 5.69 Å². The number of nitrogens with one attached hydrogen (secondary N) is 1. The van der Waals surface area contributed by atoms with Crippen molar-refractivity contribution < 1.29 is 18.2 Å². The Kier molecular flexibility index (Phi) is 7.79. The summed E-state index contributed by atoms with van der Waals surface area (Å²) in [6, 6.07) is 11.8. The van der Waals surface area contributed by atoms with Gasteiger partial charge in [-0.15, -0.1) is 0 Å². The first-order chi connectivity index (χ1) is 7.38. The molecule has 0 radical (unpaired) electrons. The van der Waals surface area contributed by atoms with Gasteiger partial charge in [-0.3, -0.25) is 0 Å². The summed E-state index contributed by atoms with van der Waals surface area (Å²) in [5, 5.41) is 0. The molecular formula is C10H9I3N2. The van der Waals surface area contributed by atoms with Crippen LogP contribution < -0.4 is 18.2 Å². The molecule has 1 N–H and O–H groups in total. The van der Waals surface area contributed by atoms with Crippen LogP contribution in [0.5, 0.6) is 0 Å². The minimum absolute atomic E-state index is 0.530. The van der Waals surface area contributed by atoms with E-state index in [1.807, 2.05) is 42.6 Å². The van der Waals surface area contributed by atoms with E-state index in [0.717, 1.165) is 11.4 Å². The molecule has 0 spiro atoms. The molecule has 15 heavy (non-hydrogen) atoms. The number of halogens is 3. The van der Waals surface area contributed by atoms with Crippen molar-refractivity contribution in [3.8, 4) is 11.4 Å². The molecular weight excluding hydrogens is 529 g/mol. The second kappa shape index (κ2) is 8.62. The molecule has 2 nitrogen and oxygen atoms in total. The van der Waals surface area contributed by atoms with Crippen molar-refractivity contribution in [1.29, 1.82) is 0 Å². The Morgan fingerprint density at radius 1 is 1.07 bits per heavy atom. The number of hydrogen-bond donors (Lipinski definition) is 0. The maximum absolute atomic E-state index is 4.22. The minimum Gasteiger partial charge on any atom is -0.250 e. The Labute approximate surface area is 119 Å². The van der Waals surface area contributed by atoms with Crippen molar-refractivity contribution in [2.24, 2.45) is 0 Å². The number of hydrogen-bond acceptors (Lipinski definition) is 1. The van der Waals surface area contributed by atoms with Crippen LogP contribution in [0.4, 0.5) is 0 Å². The Morgan fingerprint density at radius 2 is 1.80 bits per heavy atom. The van der Waals surface area contributed by atoms with Crippen molar-refractivity contribution in [3.63, 3.8) is 0 Å². The Balaban J connectivity index is 0.000000337. The van der Waals surface area contributed by atoms with Gasteiger partial charge in [0.1, 0.15) is 5.69 Å². The fourth-order valence-electron chi connectivity index (χ4n) is 1.07. The molecule has 0 atom stereocenters. The smallest absolute Gasteiger partial charge is 0.229 e. The largest absolute Gasteiger partial charge is 0.250 e. The summed E-state index contributed by atoms with van der Waals surface area (Å²) in [6.07, 6.45) is 3.68. The van der Waals surface area contributed by atoms with Crippen molar-refractivity contribution in [3.05, 3.63) is 48.8 Å². The molecule has 0 aromatic carbocycles. The van der Waals surface area contributed by atoms with Crippen LogP contribution in [-0.2, 0) is 0 Å². The number of aromatic nitrogens is 2. The Bertz CT molecular complexity index is 329. The first kappa shape index (κ1) is 13.6. The summed E-state index contributed by atoms with van der Waals surface area (Å²) in [7, 11) is 0.